The number of phenols is 1. The van der Waals surface area contributed by atoms with Gasteiger partial charge in [-0.25, -0.2) is 4.98 Å². The molecule has 0 aliphatic carbocycles. The molecule has 0 spiro atoms. The second-order valence-electron chi connectivity index (χ2n) is 7.81. The average molecular weight is 510 g/mol. The number of aromatic amines is 1. The summed E-state index contributed by atoms with van der Waals surface area (Å²) in [5.74, 6) is -2.07. The molecule has 2 heterocycles. The maximum Gasteiger partial charge on any atom is 0.302 e. The van der Waals surface area contributed by atoms with Gasteiger partial charge in [0, 0.05) is 5.56 Å². The van der Waals surface area contributed by atoms with Crippen LogP contribution in [0.15, 0.2) is 66.2 Å². The van der Waals surface area contributed by atoms with Crippen molar-refractivity contribution in [3.63, 3.8) is 0 Å². The number of imidazole rings is 1. The van der Waals surface area contributed by atoms with Crippen LogP contribution < -0.4 is 9.64 Å². The Labute approximate surface area is 209 Å². The average Bonchev–Trinajstić information content (AvgIpc) is 3.37. The number of aromatic hydroxyl groups is 1. The predicted octanol–water partition coefficient (Wildman–Crippen LogP) is 5.21. The highest BCUT2D eigenvalue weighted by molar-refractivity contribution is 6.51. The van der Waals surface area contributed by atoms with Crippen molar-refractivity contribution in [1.82, 2.24) is 9.97 Å². The maximum absolute atomic E-state index is 13.3. The largest absolute Gasteiger partial charge is 0.508 e. The Morgan fingerprint density at radius 2 is 1.77 bits per heavy atom. The second kappa shape index (κ2) is 8.65. The number of methoxy groups -OCH3 is 1. The summed E-state index contributed by atoms with van der Waals surface area (Å²) in [6.07, 6.45) is 0. The number of Topliss-reactive ketones (excluding diaryl/α,β-unsaturated/α-hetero) is 1. The van der Waals surface area contributed by atoms with Crippen molar-refractivity contribution in [3.05, 3.63) is 87.4 Å². The van der Waals surface area contributed by atoms with Crippen LogP contribution in [0.4, 0.5) is 5.95 Å². The van der Waals surface area contributed by atoms with Crippen LogP contribution in [0.5, 0.6) is 11.5 Å². The van der Waals surface area contributed by atoms with E-state index in [4.69, 9.17) is 27.9 Å². The molecule has 8 nitrogen and oxygen atoms in total. The number of fused-ring (bicyclic) bond motifs is 1. The standard InChI is InChI=1S/C25H17Cl2N3O5/c1-35-23-15(26)10-13(11-16(23)27)21(32)19-20(12-5-4-6-14(31)9-12)30(24(34)22(19)33)25-28-17-7-2-3-8-18(17)29-25/h2-11,20,31-32H,1H3,(H,28,29)/b21-19+. The van der Waals surface area contributed by atoms with Crippen molar-refractivity contribution < 1.29 is 24.5 Å². The highest BCUT2D eigenvalue weighted by Gasteiger charge is 2.48. The molecular formula is C25H17Cl2N3O5. The van der Waals surface area contributed by atoms with Crippen LogP contribution in [-0.2, 0) is 9.59 Å². The molecule has 1 saturated heterocycles. The molecule has 0 radical (unpaired) electrons. The van der Waals surface area contributed by atoms with Crippen molar-refractivity contribution in [2.24, 2.45) is 0 Å². The summed E-state index contributed by atoms with van der Waals surface area (Å²) >= 11 is 12.5. The van der Waals surface area contributed by atoms with Crippen LogP contribution >= 0.6 is 23.2 Å². The molecule has 1 unspecified atom stereocenters. The summed E-state index contributed by atoms with van der Waals surface area (Å²) in [6, 6.07) is 14.9. The Bertz CT molecular complexity index is 1490. The first-order chi connectivity index (χ1) is 16.8. The lowest BCUT2D eigenvalue weighted by Gasteiger charge is -2.23. The van der Waals surface area contributed by atoms with Gasteiger partial charge in [0.15, 0.2) is 5.75 Å². The summed E-state index contributed by atoms with van der Waals surface area (Å²) in [6.45, 7) is 0. The van der Waals surface area contributed by atoms with Crippen LogP contribution in [0.2, 0.25) is 10.0 Å². The number of aliphatic hydroxyl groups is 1. The van der Waals surface area contributed by atoms with Crippen LogP contribution in [0.25, 0.3) is 16.8 Å². The number of phenolic OH excluding ortho intramolecular Hbond substituents is 1. The first-order valence-electron chi connectivity index (χ1n) is 10.4. The van der Waals surface area contributed by atoms with E-state index in [9.17, 15) is 19.8 Å². The minimum absolute atomic E-state index is 0.0757. The van der Waals surface area contributed by atoms with Crippen LogP contribution in [0, 0.1) is 0 Å². The first kappa shape index (κ1) is 22.8. The van der Waals surface area contributed by atoms with E-state index in [1.165, 1.54) is 31.4 Å². The quantitative estimate of drug-likeness (QED) is 0.197. The smallest absolute Gasteiger partial charge is 0.302 e. The van der Waals surface area contributed by atoms with Crippen molar-refractivity contribution >= 4 is 57.6 Å². The fourth-order valence-corrected chi connectivity index (χ4v) is 4.80. The summed E-state index contributed by atoms with van der Waals surface area (Å²) in [5, 5.41) is 21.6. The summed E-state index contributed by atoms with van der Waals surface area (Å²) in [7, 11) is 1.40. The van der Waals surface area contributed by atoms with E-state index in [0.29, 0.717) is 16.6 Å². The molecule has 1 atom stereocenters. The number of hydrogen-bond acceptors (Lipinski definition) is 6. The van der Waals surface area contributed by atoms with Gasteiger partial charge in [0.25, 0.3) is 5.78 Å². The van der Waals surface area contributed by atoms with Gasteiger partial charge in [-0.2, -0.15) is 0 Å². The van der Waals surface area contributed by atoms with E-state index >= 15 is 0 Å². The molecule has 1 aliphatic rings. The molecule has 3 aromatic carbocycles. The molecule has 5 rings (SSSR count). The van der Waals surface area contributed by atoms with Gasteiger partial charge in [-0.3, -0.25) is 14.5 Å². The lowest BCUT2D eigenvalue weighted by molar-refractivity contribution is -0.132. The SMILES string of the molecule is COc1c(Cl)cc(/C(O)=C2\C(=O)C(=O)N(c3nc4ccccc4[nH]3)C2c2cccc(O)c2)cc1Cl. The van der Waals surface area contributed by atoms with Crippen LogP contribution in [0.3, 0.4) is 0 Å². The molecule has 1 amide bonds. The Morgan fingerprint density at radius 3 is 2.43 bits per heavy atom. The Hall–Kier alpha value is -4.01. The molecule has 10 heteroatoms. The minimum Gasteiger partial charge on any atom is -0.508 e. The van der Waals surface area contributed by atoms with E-state index < -0.39 is 23.5 Å². The Kier molecular flexibility index (Phi) is 5.62. The third-order valence-corrected chi connectivity index (χ3v) is 6.27. The zero-order chi connectivity index (χ0) is 24.9. The number of benzene rings is 3. The number of carbonyl (C=O) groups is 2. The highest BCUT2D eigenvalue weighted by atomic mass is 35.5. The number of nitrogens with one attached hydrogen (secondary N) is 1. The number of nitrogens with zero attached hydrogens (tertiary/aromatic N) is 2. The third-order valence-electron chi connectivity index (χ3n) is 5.71. The number of amides is 1. The predicted molar refractivity (Wildman–Crippen MR) is 132 cm³/mol. The van der Waals surface area contributed by atoms with Crippen LogP contribution in [-0.4, -0.2) is 39.0 Å². The normalized spacial score (nSPS) is 17.3. The highest BCUT2D eigenvalue weighted by Crippen LogP contribution is 2.44. The van der Waals surface area contributed by atoms with E-state index in [2.05, 4.69) is 9.97 Å². The molecule has 0 saturated carbocycles. The second-order valence-corrected chi connectivity index (χ2v) is 8.63. The monoisotopic (exact) mass is 509 g/mol. The molecule has 1 fully saturated rings. The van der Waals surface area contributed by atoms with Gasteiger partial charge in [-0.05, 0) is 42.0 Å². The third kappa shape index (κ3) is 3.77. The van der Waals surface area contributed by atoms with Gasteiger partial charge in [0.1, 0.15) is 11.5 Å². The number of para-hydroxylation sites is 2. The number of ether oxygens (including phenoxy) is 1. The topological polar surface area (TPSA) is 116 Å². The minimum atomic E-state index is -1.10. The molecule has 4 aromatic rings. The molecule has 0 bridgehead atoms. The zero-order valence-electron chi connectivity index (χ0n) is 18.1. The number of rotatable bonds is 4. The number of H-pyrrole nitrogens is 1. The van der Waals surface area contributed by atoms with Crippen molar-refractivity contribution in [1.29, 1.82) is 0 Å². The van der Waals surface area contributed by atoms with Gasteiger partial charge >= 0.3 is 5.91 Å². The Balaban J connectivity index is 1.75. The maximum atomic E-state index is 13.3. The zero-order valence-corrected chi connectivity index (χ0v) is 19.6. The van der Waals surface area contributed by atoms with Gasteiger partial charge in [-0.1, -0.05) is 47.5 Å². The molecule has 176 valence electrons. The first-order valence-corrected chi connectivity index (χ1v) is 11.1. The van der Waals surface area contributed by atoms with E-state index in [-0.39, 0.29) is 38.6 Å². The fourth-order valence-electron chi connectivity index (χ4n) is 4.16. The number of carbonyl (C=O) groups excluding carboxylic acids is 2. The van der Waals surface area contributed by atoms with E-state index in [1.807, 2.05) is 6.07 Å². The number of ketones is 1. The number of halogens is 2. The van der Waals surface area contributed by atoms with Crippen molar-refractivity contribution in [2.75, 3.05) is 12.0 Å². The summed E-state index contributed by atoms with van der Waals surface area (Å²) in [5.41, 5.74) is 1.55. The van der Waals surface area contributed by atoms with Gasteiger partial charge in [0.05, 0.1) is 39.8 Å². The van der Waals surface area contributed by atoms with Crippen molar-refractivity contribution in [3.8, 4) is 11.5 Å². The molecular weight excluding hydrogens is 493 g/mol. The number of anilines is 1. The van der Waals surface area contributed by atoms with Crippen LogP contribution in [0.1, 0.15) is 17.2 Å². The fraction of sp³-hybridized carbons (Fsp3) is 0.0800. The van der Waals surface area contributed by atoms with E-state index in [0.717, 1.165) is 4.90 Å². The van der Waals surface area contributed by atoms with E-state index in [1.54, 1.807) is 30.3 Å². The van der Waals surface area contributed by atoms with Gasteiger partial charge in [0.2, 0.25) is 5.95 Å². The summed E-state index contributed by atoms with van der Waals surface area (Å²) < 4.78 is 5.15. The molecule has 35 heavy (non-hydrogen) atoms. The number of hydrogen-bond donors (Lipinski definition) is 3. The molecule has 1 aromatic heterocycles. The van der Waals surface area contributed by atoms with Crippen molar-refractivity contribution in [2.45, 2.75) is 6.04 Å². The van der Waals surface area contributed by atoms with Gasteiger partial charge < -0.3 is 19.9 Å². The van der Waals surface area contributed by atoms with Gasteiger partial charge in [-0.15, -0.1) is 0 Å². The number of aromatic nitrogens is 2. The molecule has 3 N–H and O–H groups in total. The number of aliphatic hydroxyl groups excluding tert-OH is 1. The lowest BCUT2D eigenvalue weighted by atomic mass is 9.95. The molecule has 1 aliphatic heterocycles. The Morgan fingerprint density at radius 1 is 1.06 bits per heavy atom. The lowest BCUT2D eigenvalue weighted by Crippen LogP contribution is -2.30. The summed E-state index contributed by atoms with van der Waals surface area (Å²) in [4.78, 5) is 35.2.